The number of amides is 1. The van der Waals surface area contributed by atoms with E-state index in [0.29, 0.717) is 50.1 Å². The number of benzene rings is 2. The van der Waals surface area contributed by atoms with Gasteiger partial charge in [0, 0.05) is 49.7 Å². The van der Waals surface area contributed by atoms with Crippen molar-refractivity contribution in [1.29, 1.82) is 0 Å². The van der Waals surface area contributed by atoms with Crippen LogP contribution in [0.1, 0.15) is 29.6 Å². The van der Waals surface area contributed by atoms with Crippen LogP contribution in [-0.4, -0.2) is 87.3 Å². The van der Waals surface area contributed by atoms with Gasteiger partial charge in [0.1, 0.15) is 0 Å². The first-order valence-electron chi connectivity index (χ1n) is 12.6. The lowest BCUT2D eigenvalue weighted by atomic mass is 10.2. The van der Waals surface area contributed by atoms with Gasteiger partial charge in [0.15, 0.2) is 5.13 Å². The number of sulfonamides is 1. The molecule has 3 aromatic rings. The molecule has 2 aromatic carbocycles. The van der Waals surface area contributed by atoms with Gasteiger partial charge in [-0.25, -0.2) is 13.4 Å². The summed E-state index contributed by atoms with van der Waals surface area (Å²) in [5, 5.41) is 0.653. The molecule has 2 aliphatic heterocycles. The zero-order chi connectivity index (χ0) is 25.8. The van der Waals surface area contributed by atoms with Crippen molar-refractivity contribution in [2.24, 2.45) is 0 Å². The Morgan fingerprint density at radius 3 is 2.49 bits per heavy atom. The fourth-order valence-electron chi connectivity index (χ4n) is 4.72. The largest absolute Gasteiger partial charge is 0.379 e. The average molecular weight is 561 g/mol. The molecule has 0 bridgehead atoms. The highest BCUT2D eigenvalue weighted by Gasteiger charge is 2.27. The molecule has 37 heavy (non-hydrogen) atoms. The number of hydrogen-bond donors (Lipinski definition) is 0. The van der Waals surface area contributed by atoms with Crippen molar-refractivity contribution >= 4 is 54.4 Å². The fourth-order valence-corrected chi connectivity index (χ4v) is 7.88. The molecule has 8 nitrogen and oxygen atoms in total. The molecule has 5 rings (SSSR count). The first-order chi connectivity index (χ1) is 18.0. The Kier molecular flexibility index (Phi) is 8.47. The van der Waals surface area contributed by atoms with Gasteiger partial charge in [0.2, 0.25) is 10.0 Å². The summed E-state index contributed by atoms with van der Waals surface area (Å²) in [7, 11) is -3.55. The van der Waals surface area contributed by atoms with E-state index in [1.807, 2.05) is 24.5 Å². The van der Waals surface area contributed by atoms with Gasteiger partial charge in [-0.15, -0.1) is 11.8 Å². The van der Waals surface area contributed by atoms with Crippen molar-refractivity contribution in [2.75, 3.05) is 63.6 Å². The first kappa shape index (κ1) is 26.6. The van der Waals surface area contributed by atoms with Crippen molar-refractivity contribution in [3.8, 4) is 0 Å². The molecule has 0 aliphatic carbocycles. The van der Waals surface area contributed by atoms with Crippen LogP contribution in [0.3, 0.4) is 0 Å². The lowest BCUT2D eigenvalue weighted by Crippen LogP contribution is -2.43. The summed E-state index contributed by atoms with van der Waals surface area (Å²) in [5.41, 5.74) is 1.35. The van der Waals surface area contributed by atoms with Crippen molar-refractivity contribution in [1.82, 2.24) is 14.2 Å². The summed E-state index contributed by atoms with van der Waals surface area (Å²) in [6, 6.07) is 12.4. The average Bonchev–Trinajstić information content (AvgIpc) is 3.38. The molecular formula is C26H32N4O4S3. The molecule has 0 unspecified atom stereocenters. The molecular weight excluding hydrogens is 529 g/mol. The number of piperidine rings is 1. The van der Waals surface area contributed by atoms with Gasteiger partial charge in [-0.1, -0.05) is 23.8 Å². The Bertz CT molecular complexity index is 1330. The maximum absolute atomic E-state index is 13.8. The highest BCUT2D eigenvalue weighted by atomic mass is 32.2. The second-order valence-corrected chi connectivity index (χ2v) is 13.0. The lowest BCUT2D eigenvalue weighted by Gasteiger charge is -2.29. The summed E-state index contributed by atoms with van der Waals surface area (Å²) in [4.78, 5) is 24.0. The molecule has 11 heteroatoms. The molecule has 0 radical (unpaired) electrons. The number of morpholine rings is 1. The van der Waals surface area contributed by atoms with Crippen LogP contribution in [0.4, 0.5) is 5.13 Å². The predicted octanol–water partition coefficient (Wildman–Crippen LogP) is 4.17. The van der Waals surface area contributed by atoms with Gasteiger partial charge in [-0.3, -0.25) is 14.6 Å². The number of carbonyl (C=O) groups is 1. The number of para-hydroxylation sites is 1. The lowest BCUT2D eigenvalue weighted by molar-refractivity contribution is 0.0391. The Hall–Kier alpha value is -2.02. The van der Waals surface area contributed by atoms with E-state index in [9.17, 15) is 13.2 Å². The third-order valence-electron chi connectivity index (χ3n) is 6.86. The van der Waals surface area contributed by atoms with E-state index in [4.69, 9.17) is 9.72 Å². The van der Waals surface area contributed by atoms with Crippen molar-refractivity contribution < 1.29 is 17.9 Å². The summed E-state index contributed by atoms with van der Waals surface area (Å²) >= 11 is 3.14. The van der Waals surface area contributed by atoms with Crippen LogP contribution in [0.2, 0.25) is 0 Å². The van der Waals surface area contributed by atoms with E-state index in [-0.39, 0.29) is 10.8 Å². The molecule has 2 fully saturated rings. The van der Waals surface area contributed by atoms with Crippen molar-refractivity contribution in [3.63, 3.8) is 0 Å². The number of carbonyl (C=O) groups excluding carboxylic acids is 1. The molecule has 3 heterocycles. The highest BCUT2D eigenvalue weighted by Crippen LogP contribution is 2.34. The van der Waals surface area contributed by atoms with Crippen molar-refractivity contribution in [2.45, 2.75) is 29.1 Å². The first-order valence-corrected chi connectivity index (χ1v) is 16.1. The number of ether oxygens (including phenoxy) is 1. The Morgan fingerprint density at radius 1 is 1.05 bits per heavy atom. The highest BCUT2D eigenvalue weighted by molar-refractivity contribution is 7.98. The van der Waals surface area contributed by atoms with Gasteiger partial charge in [-0.2, -0.15) is 4.31 Å². The van der Waals surface area contributed by atoms with Gasteiger partial charge in [0.05, 0.1) is 28.3 Å². The zero-order valence-corrected chi connectivity index (χ0v) is 23.4. The molecule has 1 aromatic heterocycles. The maximum atomic E-state index is 13.8. The molecule has 198 valence electrons. The van der Waals surface area contributed by atoms with Crippen LogP contribution in [0.15, 0.2) is 52.3 Å². The van der Waals surface area contributed by atoms with Gasteiger partial charge < -0.3 is 4.74 Å². The standard InChI is InChI=1S/C26H32N4O4S3/c1-35-22-6-5-7-23-24(22)27-26(36-23)30(15-14-28-16-18-34-19-17-28)25(31)20-8-10-21(11-9-20)37(32,33)29-12-3-2-4-13-29/h5-11H,2-4,12-19H2,1H3. The van der Waals surface area contributed by atoms with Crippen LogP contribution in [0, 0.1) is 0 Å². The third-order valence-corrected chi connectivity index (χ3v) is 10.6. The Labute approximate surface area is 226 Å². The summed E-state index contributed by atoms with van der Waals surface area (Å²) in [6.07, 6.45) is 4.85. The maximum Gasteiger partial charge on any atom is 0.260 e. The van der Waals surface area contributed by atoms with E-state index < -0.39 is 10.0 Å². The van der Waals surface area contributed by atoms with Gasteiger partial charge in [-0.05, 0) is 55.5 Å². The van der Waals surface area contributed by atoms with E-state index in [2.05, 4.69) is 4.90 Å². The van der Waals surface area contributed by atoms with Gasteiger partial charge >= 0.3 is 0 Å². The Morgan fingerprint density at radius 2 is 1.78 bits per heavy atom. The summed E-state index contributed by atoms with van der Waals surface area (Å²) in [5.74, 6) is -0.181. The van der Waals surface area contributed by atoms with Crippen molar-refractivity contribution in [3.05, 3.63) is 48.0 Å². The fraction of sp³-hybridized carbons (Fsp3) is 0.462. The minimum Gasteiger partial charge on any atom is -0.379 e. The van der Waals surface area contributed by atoms with E-state index in [0.717, 1.165) is 47.5 Å². The number of thioether (sulfide) groups is 1. The monoisotopic (exact) mass is 560 g/mol. The number of anilines is 1. The molecule has 0 spiro atoms. The number of thiazole rings is 1. The smallest absolute Gasteiger partial charge is 0.260 e. The molecule has 2 saturated heterocycles. The zero-order valence-electron chi connectivity index (χ0n) is 21.0. The summed E-state index contributed by atoms with van der Waals surface area (Å²) < 4.78 is 34.2. The molecule has 1 amide bonds. The molecule has 0 saturated carbocycles. The summed E-state index contributed by atoms with van der Waals surface area (Å²) in [6.45, 7) is 5.35. The molecule has 0 N–H and O–H groups in total. The minimum absolute atomic E-state index is 0.181. The number of hydrogen-bond acceptors (Lipinski definition) is 8. The number of rotatable bonds is 8. The topological polar surface area (TPSA) is 83.0 Å². The van der Waals surface area contributed by atoms with Crippen LogP contribution in [0.5, 0.6) is 0 Å². The van der Waals surface area contributed by atoms with Gasteiger partial charge in [0.25, 0.3) is 5.91 Å². The molecule has 0 atom stereocenters. The normalized spacial score (nSPS) is 17.8. The second-order valence-electron chi connectivity index (χ2n) is 9.20. The van der Waals surface area contributed by atoms with Crippen LogP contribution in [-0.2, 0) is 14.8 Å². The van der Waals surface area contributed by atoms with Crippen LogP contribution in [0.25, 0.3) is 10.2 Å². The number of aromatic nitrogens is 1. The second kappa shape index (κ2) is 11.8. The van der Waals surface area contributed by atoms with Crippen LogP contribution >= 0.6 is 23.1 Å². The number of fused-ring (bicyclic) bond motifs is 1. The van der Waals surface area contributed by atoms with E-state index in [1.165, 1.54) is 11.3 Å². The SMILES string of the molecule is CSc1cccc2sc(N(CCN3CCOCC3)C(=O)c3ccc(S(=O)(=O)N4CCCCC4)cc3)nc12. The van der Waals surface area contributed by atoms with E-state index >= 15 is 0 Å². The molecule has 2 aliphatic rings. The quantitative estimate of drug-likeness (QED) is 0.383. The third kappa shape index (κ3) is 5.86. The predicted molar refractivity (Wildman–Crippen MR) is 149 cm³/mol. The number of nitrogens with zero attached hydrogens (tertiary/aromatic N) is 4. The minimum atomic E-state index is -3.55. The van der Waals surface area contributed by atoms with Crippen LogP contribution < -0.4 is 4.90 Å². The van der Waals surface area contributed by atoms with E-state index in [1.54, 1.807) is 45.2 Å². The Balaban J connectivity index is 1.42.